The maximum Gasteiger partial charge on any atom is 0.227 e. The minimum Gasteiger partial charge on any atom is -0.394 e. The molecule has 0 radical (unpaired) electrons. The number of amides is 1. The first-order valence-electron chi connectivity index (χ1n) is 12.0. The molecule has 1 fully saturated rings. The van der Waals surface area contributed by atoms with E-state index in [-0.39, 0.29) is 24.2 Å². The van der Waals surface area contributed by atoms with Crippen LogP contribution in [0.4, 0.5) is 11.6 Å². The highest BCUT2D eigenvalue weighted by Gasteiger charge is 2.33. The third-order valence-corrected chi connectivity index (χ3v) is 5.84. The molecule has 9 heteroatoms. The molecule has 1 aliphatic heterocycles. The Hall–Kier alpha value is -3.30. The highest BCUT2D eigenvalue weighted by Crippen LogP contribution is 2.24. The Labute approximate surface area is 206 Å². The second-order valence-corrected chi connectivity index (χ2v) is 9.90. The first-order chi connectivity index (χ1) is 16.7. The Bertz CT molecular complexity index is 1160. The minimum absolute atomic E-state index is 0.0295. The highest BCUT2D eigenvalue weighted by atomic mass is 16.5. The van der Waals surface area contributed by atoms with Crippen LogP contribution in [0.5, 0.6) is 0 Å². The molecular weight excluding hydrogens is 444 g/mol. The molecule has 2 aromatic heterocycles. The van der Waals surface area contributed by atoms with E-state index in [4.69, 9.17) is 9.84 Å². The molecular formula is C26H34N6O3. The van der Waals surface area contributed by atoms with Gasteiger partial charge in [-0.2, -0.15) is 5.10 Å². The zero-order chi connectivity index (χ0) is 25.0. The normalized spacial score (nSPS) is 14.1. The molecule has 0 atom stereocenters. The van der Waals surface area contributed by atoms with Gasteiger partial charge in [-0.25, -0.2) is 9.97 Å². The van der Waals surface area contributed by atoms with Crippen LogP contribution in [0, 0.1) is 6.92 Å². The average Bonchev–Trinajstić information content (AvgIpc) is 3.21. The third kappa shape index (κ3) is 6.64. The van der Waals surface area contributed by atoms with E-state index in [1.54, 1.807) is 23.3 Å². The number of hydrogen-bond donors (Lipinski definition) is 2. The predicted molar refractivity (Wildman–Crippen MR) is 134 cm³/mol. The summed E-state index contributed by atoms with van der Waals surface area (Å²) in [6.07, 6.45) is 6.53. The van der Waals surface area contributed by atoms with Gasteiger partial charge in [0.05, 0.1) is 42.4 Å². The summed E-state index contributed by atoms with van der Waals surface area (Å²) in [5, 5.41) is 16.4. The van der Waals surface area contributed by atoms with Gasteiger partial charge in [-0.05, 0) is 57.4 Å². The summed E-state index contributed by atoms with van der Waals surface area (Å²) in [5.41, 5.74) is 4.67. The molecule has 1 amide bonds. The number of hydrogen-bond acceptors (Lipinski definition) is 7. The number of carbonyl (C=O) groups is 1. The summed E-state index contributed by atoms with van der Waals surface area (Å²) in [4.78, 5) is 23.4. The Balaban J connectivity index is 1.33. The van der Waals surface area contributed by atoms with E-state index in [1.807, 2.05) is 37.8 Å². The fourth-order valence-corrected chi connectivity index (χ4v) is 4.11. The van der Waals surface area contributed by atoms with Crippen molar-refractivity contribution < 1.29 is 14.6 Å². The first-order valence-corrected chi connectivity index (χ1v) is 12.0. The molecule has 3 aromatic rings. The maximum absolute atomic E-state index is 12.6. The predicted octanol–water partition coefficient (Wildman–Crippen LogP) is 3.34. The van der Waals surface area contributed by atoms with Gasteiger partial charge in [0, 0.05) is 37.5 Å². The van der Waals surface area contributed by atoms with E-state index in [0.717, 1.165) is 28.1 Å². The van der Waals surface area contributed by atoms with Crippen molar-refractivity contribution in [3.63, 3.8) is 0 Å². The summed E-state index contributed by atoms with van der Waals surface area (Å²) in [6.45, 7) is 10.0. The molecule has 0 unspecified atom stereocenters. The Morgan fingerprint density at radius 1 is 1.26 bits per heavy atom. The molecule has 35 heavy (non-hydrogen) atoms. The molecule has 2 N–H and O–H groups in total. The third-order valence-electron chi connectivity index (χ3n) is 5.84. The number of carbonyl (C=O) groups excluding carboxylic acids is 1. The summed E-state index contributed by atoms with van der Waals surface area (Å²) >= 11 is 0. The number of aryl methyl sites for hydroxylation is 2. The lowest BCUT2D eigenvalue weighted by Gasteiger charge is -2.42. The molecule has 0 aliphatic carbocycles. The second-order valence-electron chi connectivity index (χ2n) is 9.90. The summed E-state index contributed by atoms with van der Waals surface area (Å²) in [7, 11) is 0. The molecule has 0 spiro atoms. The van der Waals surface area contributed by atoms with Gasteiger partial charge in [0.2, 0.25) is 11.9 Å². The van der Waals surface area contributed by atoms with Crippen LogP contribution in [0.3, 0.4) is 0 Å². The minimum atomic E-state index is -0.178. The number of aliphatic hydroxyl groups is 1. The highest BCUT2D eigenvalue weighted by molar-refractivity contribution is 5.77. The van der Waals surface area contributed by atoms with Crippen LogP contribution in [-0.4, -0.2) is 67.1 Å². The lowest BCUT2D eigenvalue weighted by Crippen LogP contribution is -2.56. The molecule has 1 aromatic carbocycles. The van der Waals surface area contributed by atoms with E-state index in [9.17, 15) is 4.79 Å². The number of nitrogens with one attached hydrogen (secondary N) is 1. The molecule has 0 saturated carbocycles. The zero-order valence-electron chi connectivity index (χ0n) is 20.9. The lowest BCUT2D eigenvalue weighted by atomic mass is 9.99. The fourth-order valence-electron chi connectivity index (χ4n) is 4.11. The molecule has 0 bridgehead atoms. The van der Waals surface area contributed by atoms with Gasteiger partial charge >= 0.3 is 0 Å². The van der Waals surface area contributed by atoms with Gasteiger partial charge in [-0.1, -0.05) is 12.1 Å². The van der Waals surface area contributed by atoms with Crippen molar-refractivity contribution in [2.45, 2.75) is 58.8 Å². The van der Waals surface area contributed by atoms with E-state index in [1.165, 1.54) is 0 Å². The number of likely N-dealkylation sites (tertiary alicyclic amines) is 1. The molecule has 9 nitrogen and oxygen atoms in total. The van der Waals surface area contributed by atoms with E-state index in [0.29, 0.717) is 38.4 Å². The maximum atomic E-state index is 12.6. The SMILES string of the molecule is Cc1cc(-c2ccnc(Nc3cnn(CCO)c3)n2)ccc1CCC(=O)N1CC(OC(C)(C)C)C1. The fraction of sp³-hybridized carbons (Fsp3) is 0.462. The monoisotopic (exact) mass is 478 g/mol. The lowest BCUT2D eigenvalue weighted by molar-refractivity contribution is -0.157. The number of benzene rings is 1. The van der Waals surface area contributed by atoms with E-state index >= 15 is 0 Å². The molecule has 4 rings (SSSR count). The van der Waals surface area contributed by atoms with Crippen molar-refractivity contribution in [1.82, 2.24) is 24.6 Å². The Morgan fingerprint density at radius 2 is 2.06 bits per heavy atom. The van der Waals surface area contributed by atoms with Crippen molar-refractivity contribution in [1.29, 1.82) is 0 Å². The largest absolute Gasteiger partial charge is 0.394 e. The topological polar surface area (TPSA) is 105 Å². The zero-order valence-corrected chi connectivity index (χ0v) is 20.9. The van der Waals surface area contributed by atoms with Gasteiger partial charge in [0.25, 0.3) is 0 Å². The number of nitrogens with zero attached hydrogens (tertiary/aromatic N) is 5. The molecule has 3 heterocycles. The van der Waals surface area contributed by atoms with Crippen LogP contribution in [-0.2, 0) is 22.5 Å². The number of ether oxygens (including phenoxy) is 1. The number of rotatable bonds is 9. The van der Waals surface area contributed by atoms with E-state index in [2.05, 4.69) is 39.4 Å². The van der Waals surface area contributed by atoms with Gasteiger partial charge in [-0.15, -0.1) is 0 Å². The molecule has 1 saturated heterocycles. The van der Waals surface area contributed by atoms with Crippen molar-refractivity contribution in [3.8, 4) is 11.3 Å². The Kier molecular flexibility index (Phi) is 7.47. The van der Waals surface area contributed by atoms with Crippen LogP contribution < -0.4 is 5.32 Å². The second kappa shape index (κ2) is 10.5. The van der Waals surface area contributed by atoms with Gasteiger partial charge < -0.3 is 20.1 Å². The van der Waals surface area contributed by atoms with Gasteiger partial charge in [0.15, 0.2) is 0 Å². The molecule has 1 aliphatic rings. The van der Waals surface area contributed by atoms with Crippen LogP contribution >= 0.6 is 0 Å². The number of aromatic nitrogens is 4. The quantitative estimate of drug-likeness (QED) is 0.486. The van der Waals surface area contributed by atoms with Crippen LogP contribution in [0.15, 0.2) is 42.9 Å². The summed E-state index contributed by atoms with van der Waals surface area (Å²) in [5.74, 6) is 0.651. The van der Waals surface area contributed by atoms with E-state index < -0.39 is 0 Å². The van der Waals surface area contributed by atoms with Crippen molar-refractivity contribution in [3.05, 3.63) is 54.0 Å². The summed E-state index contributed by atoms with van der Waals surface area (Å²) < 4.78 is 7.57. The van der Waals surface area contributed by atoms with Gasteiger partial charge in [0.1, 0.15) is 0 Å². The van der Waals surface area contributed by atoms with Gasteiger partial charge in [-0.3, -0.25) is 9.48 Å². The first kappa shape index (κ1) is 24.8. The van der Waals surface area contributed by atoms with Crippen molar-refractivity contribution >= 4 is 17.5 Å². The molecule has 186 valence electrons. The smallest absolute Gasteiger partial charge is 0.227 e. The van der Waals surface area contributed by atoms with Crippen LogP contribution in [0.25, 0.3) is 11.3 Å². The van der Waals surface area contributed by atoms with Crippen LogP contribution in [0.1, 0.15) is 38.3 Å². The van der Waals surface area contributed by atoms with Crippen molar-refractivity contribution in [2.75, 3.05) is 25.0 Å². The number of aliphatic hydroxyl groups excluding tert-OH is 1. The van der Waals surface area contributed by atoms with Crippen molar-refractivity contribution in [2.24, 2.45) is 0 Å². The average molecular weight is 479 g/mol. The summed E-state index contributed by atoms with van der Waals surface area (Å²) in [6, 6.07) is 8.09. The standard InChI is InChI=1S/C26H34N6O3/c1-18-13-20(23-9-10-27-25(30-23)29-21-14-28-32(15-21)11-12-33)6-5-19(18)7-8-24(34)31-16-22(17-31)35-26(2,3)4/h5-6,9-10,13-15,22,33H,7-8,11-12,16-17H2,1-4H3,(H,27,29,30). The van der Waals surface area contributed by atoms with Crippen LogP contribution in [0.2, 0.25) is 0 Å². The Morgan fingerprint density at radius 3 is 2.77 bits per heavy atom. The number of anilines is 2.